The molecule has 7 rings (SSSR count). The molecule has 2 saturated heterocycles. The molecule has 3 atom stereocenters. The normalized spacial score (nSPS) is 33.9. The molecule has 2 aromatic rings. The van der Waals surface area contributed by atoms with E-state index in [4.69, 9.17) is 5.10 Å². The zero-order chi connectivity index (χ0) is 23.2. The van der Waals surface area contributed by atoms with Gasteiger partial charge in [-0.2, -0.15) is 5.10 Å². The highest BCUT2D eigenvalue weighted by Crippen LogP contribution is 2.58. The van der Waals surface area contributed by atoms with E-state index in [1.54, 1.807) is 0 Å². The monoisotopic (exact) mass is 462 g/mol. The molecule has 182 valence electrons. The third kappa shape index (κ3) is 2.94. The first-order chi connectivity index (χ1) is 16.4. The van der Waals surface area contributed by atoms with E-state index in [1.807, 2.05) is 12.1 Å². The van der Waals surface area contributed by atoms with Gasteiger partial charge in [-0.1, -0.05) is 6.07 Å². The van der Waals surface area contributed by atoms with E-state index in [0.717, 1.165) is 64.2 Å². The minimum Gasteiger partial charge on any atom is -0.508 e. The Bertz CT molecular complexity index is 1130. The number of hydrogen-bond donors (Lipinski definition) is 2. The predicted molar refractivity (Wildman–Crippen MR) is 131 cm³/mol. The van der Waals surface area contributed by atoms with Gasteiger partial charge in [-0.25, -0.2) is 0 Å². The number of aromatic nitrogens is 2. The number of fused-ring (bicyclic) bond motifs is 2. The Morgan fingerprint density at radius 3 is 2.65 bits per heavy atom. The molecule has 3 heterocycles. The van der Waals surface area contributed by atoms with Gasteiger partial charge in [0, 0.05) is 36.5 Å². The maximum Gasteiger partial charge on any atom is 0.115 e. The van der Waals surface area contributed by atoms with E-state index >= 15 is 0 Å². The summed E-state index contributed by atoms with van der Waals surface area (Å²) in [6.45, 7) is 6.62. The number of hydrogen-bond acceptors (Lipinski definition) is 5. The molecule has 0 spiro atoms. The summed E-state index contributed by atoms with van der Waals surface area (Å²) in [7, 11) is 2.21. The first kappa shape index (κ1) is 21.4. The summed E-state index contributed by atoms with van der Waals surface area (Å²) in [6.07, 6.45) is 8.23. The number of piperidine rings is 2. The largest absolute Gasteiger partial charge is 0.508 e. The lowest BCUT2D eigenvalue weighted by Crippen LogP contribution is -2.74. The van der Waals surface area contributed by atoms with Crippen molar-refractivity contribution in [1.29, 1.82) is 0 Å². The van der Waals surface area contributed by atoms with Gasteiger partial charge in [0.15, 0.2) is 0 Å². The molecule has 3 fully saturated rings. The molecule has 0 unspecified atom stereocenters. The topological polar surface area (TPSA) is 64.8 Å². The number of phenols is 1. The third-order valence-electron chi connectivity index (χ3n) is 10.2. The molecule has 2 bridgehead atoms. The van der Waals surface area contributed by atoms with Gasteiger partial charge in [0.05, 0.1) is 17.3 Å². The average molecular weight is 463 g/mol. The number of nitrogens with zero attached hydrogens (tertiary/aromatic N) is 4. The molecule has 6 heteroatoms. The summed E-state index contributed by atoms with van der Waals surface area (Å²) in [4.78, 5) is 5.03. The van der Waals surface area contributed by atoms with Gasteiger partial charge in [0.1, 0.15) is 5.75 Å². The first-order valence-corrected chi connectivity index (χ1v) is 13.4. The van der Waals surface area contributed by atoms with Gasteiger partial charge in [-0.05, 0) is 107 Å². The molecule has 2 aliphatic heterocycles. The highest BCUT2D eigenvalue weighted by Gasteiger charge is 2.65. The fourth-order valence-corrected chi connectivity index (χ4v) is 8.00. The van der Waals surface area contributed by atoms with E-state index in [0.29, 0.717) is 18.2 Å². The molecular formula is C28H38N4O2. The van der Waals surface area contributed by atoms with E-state index in [2.05, 4.69) is 34.5 Å². The number of benzene rings is 1. The molecule has 0 amide bonds. The molecule has 3 aliphatic carbocycles. The SMILES string of the molecule is Cc1c2c(nn1C1CCN(C)CC1)C[C@]13CCN(CC4CC4)[C@H](Cc4ccc(O)cc41)[C@]3(O)C2. The third-order valence-corrected chi connectivity index (χ3v) is 10.2. The standard InChI is InChI=1S/C28H38N4O2/c1-18-23-15-28(34)26-13-20-5-6-22(33)14-24(20)27(28,9-12-31(26)17-19-3-4-19)16-25(23)29-32(18)21-7-10-30(2)11-8-21/h5-6,14,19,21,26,33-34H,3-4,7-13,15-17H2,1-2H3/t26-,27-,28-/m1/s1. The van der Waals surface area contributed by atoms with Crippen LogP contribution in [0.1, 0.15) is 66.2 Å². The number of aliphatic hydroxyl groups is 1. The number of aromatic hydroxyl groups is 1. The number of rotatable bonds is 3. The van der Waals surface area contributed by atoms with E-state index in [9.17, 15) is 10.2 Å². The van der Waals surface area contributed by atoms with E-state index in [-0.39, 0.29) is 11.5 Å². The van der Waals surface area contributed by atoms with Gasteiger partial charge in [0.25, 0.3) is 0 Å². The van der Waals surface area contributed by atoms with Crippen LogP contribution < -0.4 is 0 Å². The average Bonchev–Trinajstić information content (AvgIpc) is 3.58. The maximum absolute atomic E-state index is 12.8. The van der Waals surface area contributed by atoms with Crippen molar-refractivity contribution in [1.82, 2.24) is 19.6 Å². The predicted octanol–water partition coefficient (Wildman–Crippen LogP) is 2.97. The van der Waals surface area contributed by atoms with Crippen molar-refractivity contribution in [3.05, 3.63) is 46.3 Å². The minimum atomic E-state index is -0.820. The lowest BCUT2D eigenvalue weighted by atomic mass is 9.49. The van der Waals surface area contributed by atoms with Crippen LogP contribution in [-0.4, -0.2) is 74.7 Å². The lowest BCUT2D eigenvalue weighted by molar-refractivity contribution is -0.152. The lowest BCUT2D eigenvalue weighted by Gasteiger charge is -2.63. The van der Waals surface area contributed by atoms with Gasteiger partial charge in [-0.3, -0.25) is 9.58 Å². The van der Waals surface area contributed by atoms with Crippen molar-refractivity contribution >= 4 is 0 Å². The molecule has 6 nitrogen and oxygen atoms in total. The van der Waals surface area contributed by atoms with Crippen LogP contribution >= 0.6 is 0 Å². The molecule has 1 saturated carbocycles. The van der Waals surface area contributed by atoms with Crippen molar-refractivity contribution < 1.29 is 10.2 Å². The van der Waals surface area contributed by atoms with Gasteiger partial charge < -0.3 is 15.1 Å². The molecule has 5 aliphatic rings. The fraction of sp³-hybridized carbons (Fsp3) is 0.679. The Morgan fingerprint density at radius 2 is 1.88 bits per heavy atom. The molecular weight excluding hydrogens is 424 g/mol. The fourth-order valence-electron chi connectivity index (χ4n) is 8.00. The summed E-state index contributed by atoms with van der Waals surface area (Å²) in [5.74, 6) is 1.12. The second-order valence-electron chi connectivity index (χ2n) is 12.1. The van der Waals surface area contributed by atoms with E-state index < -0.39 is 5.60 Å². The molecule has 1 aromatic heterocycles. The Kier molecular flexibility index (Phi) is 4.60. The molecule has 1 aromatic carbocycles. The highest BCUT2D eigenvalue weighted by atomic mass is 16.3. The number of likely N-dealkylation sites (tertiary alicyclic amines) is 2. The summed E-state index contributed by atoms with van der Waals surface area (Å²) < 4.78 is 2.31. The zero-order valence-corrected chi connectivity index (χ0v) is 20.6. The van der Waals surface area contributed by atoms with Gasteiger partial charge in [-0.15, -0.1) is 0 Å². The van der Waals surface area contributed by atoms with Crippen LogP contribution in [-0.2, 0) is 24.7 Å². The first-order valence-electron chi connectivity index (χ1n) is 13.4. The quantitative estimate of drug-likeness (QED) is 0.734. The Hall–Kier alpha value is -1.89. The summed E-state index contributed by atoms with van der Waals surface area (Å²) in [5.41, 5.74) is 5.04. The Morgan fingerprint density at radius 1 is 1.09 bits per heavy atom. The van der Waals surface area contributed by atoms with E-state index in [1.165, 1.54) is 40.9 Å². The Balaban J connectivity index is 1.34. The van der Waals surface area contributed by atoms with Gasteiger partial charge >= 0.3 is 0 Å². The van der Waals surface area contributed by atoms with Crippen LogP contribution in [0.4, 0.5) is 0 Å². The number of phenolic OH excluding ortho intramolecular Hbond substituents is 1. The zero-order valence-electron chi connectivity index (χ0n) is 20.6. The van der Waals surface area contributed by atoms with Crippen LogP contribution in [0.2, 0.25) is 0 Å². The van der Waals surface area contributed by atoms with Crippen molar-refractivity contribution in [2.75, 3.05) is 33.2 Å². The van der Waals surface area contributed by atoms with Gasteiger partial charge in [0.2, 0.25) is 0 Å². The van der Waals surface area contributed by atoms with Crippen LogP contribution in [0.3, 0.4) is 0 Å². The van der Waals surface area contributed by atoms with Crippen LogP contribution in [0, 0.1) is 12.8 Å². The second-order valence-corrected chi connectivity index (χ2v) is 12.1. The van der Waals surface area contributed by atoms with Crippen molar-refractivity contribution in [3.8, 4) is 5.75 Å². The van der Waals surface area contributed by atoms with Crippen LogP contribution in [0.25, 0.3) is 0 Å². The molecule has 34 heavy (non-hydrogen) atoms. The van der Waals surface area contributed by atoms with Crippen LogP contribution in [0.5, 0.6) is 5.75 Å². The summed E-state index contributed by atoms with van der Waals surface area (Å²) in [6, 6.07) is 6.49. The van der Waals surface area contributed by atoms with Crippen molar-refractivity contribution in [2.45, 2.75) is 81.4 Å². The smallest absolute Gasteiger partial charge is 0.115 e. The van der Waals surface area contributed by atoms with Crippen molar-refractivity contribution in [2.24, 2.45) is 5.92 Å². The Labute approximate surface area is 202 Å². The molecule has 0 radical (unpaired) electrons. The minimum absolute atomic E-state index is 0.137. The van der Waals surface area contributed by atoms with Crippen LogP contribution in [0.15, 0.2) is 18.2 Å². The maximum atomic E-state index is 12.8. The molecule has 2 N–H and O–H groups in total. The highest BCUT2D eigenvalue weighted by molar-refractivity contribution is 5.52. The second kappa shape index (κ2) is 7.31. The summed E-state index contributed by atoms with van der Waals surface area (Å²) in [5, 5.41) is 28.5. The van der Waals surface area contributed by atoms with Crippen molar-refractivity contribution in [3.63, 3.8) is 0 Å². The summed E-state index contributed by atoms with van der Waals surface area (Å²) >= 11 is 0.